The molecule has 3 amide bonds. The van der Waals surface area contributed by atoms with Gasteiger partial charge in [0.15, 0.2) is 0 Å². The van der Waals surface area contributed by atoms with E-state index in [2.05, 4.69) is 5.32 Å². The first kappa shape index (κ1) is 21.6. The molecule has 0 saturated carbocycles. The van der Waals surface area contributed by atoms with Crippen molar-refractivity contribution in [2.45, 2.75) is 19.8 Å². The molecule has 0 spiro atoms. The van der Waals surface area contributed by atoms with E-state index in [0.717, 1.165) is 16.2 Å². The van der Waals surface area contributed by atoms with Gasteiger partial charge < -0.3 is 10.1 Å². The summed E-state index contributed by atoms with van der Waals surface area (Å²) >= 11 is 6.38. The first-order chi connectivity index (χ1) is 15.5. The van der Waals surface area contributed by atoms with Gasteiger partial charge in [-0.15, -0.1) is 0 Å². The minimum atomic E-state index is -0.419. The normalized spacial score (nSPS) is 12.6. The minimum absolute atomic E-state index is 0.180. The van der Waals surface area contributed by atoms with Crippen LogP contribution in [0.2, 0.25) is 5.02 Å². The topological polar surface area (TPSA) is 75.7 Å². The summed E-state index contributed by atoms with van der Waals surface area (Å²) in [6.07, 6.45) is 0.796. The SMILES string of the molecule is CCOc1ccccc1CCC(=O)Nc1ccc(N2C(=O)c3ccccc3C2=O)c(Cl)c1. The Hall–Kier alpha value is -3.64. The van der Waals surface area contributed by atoms with E-state index in [-0.39, 0.29) is 23.0 Å². The first-order valence-corrected chi connectivity index (χ1v) is 10.6. The number of hydrogen-bond donors (Lipinski definition) is 1. The van der Waals surface area contributed by atoms with Crippen LogP contribution in [-0.4, -0.2) is 24.3 Å². The maximum absolute atomic E-state index is 12.7. The number of aryl methyl sites for hydroxylation is 1. The smallest absolute Gasteiger partial charge is 0.266 e. The van der Waals surface area contributed by atoms with Crippen LogP contribution in [0.3, 0.4) is 0 Å². The fourth-order valence-corrected chi connectivity index (χ4v) is 3.92. The van der Waals surface area contributed by atoms with Gasteiger partial charge in [0, 0.05) is 12.1 Å². The van der Waals surface area contributed by atoms with Crippen LogP contribution in [0, 0.1) is 0 Å². The number of hydrogen-bond acceptors (Lipinski definition) is 4. The van der Waals surface area contributed by atoms with Crippen molar-refractivity contribution in [1.82, 2.24) is 0 Å². The Morgan fingerprint density at radius 1 is 0.969 bits per heavy atom. The second kappa shape index (κ2) is 9.24. The summed E-state index contributed by atoms with van der Waals surface area (Å²) < 4.78 is 5.60. The zero-order chi connectivity index (χ0) is 22.7. The highest BCUT2D eigenvalue weighted by molar-refractivity contribution is 6.40. The van der Waals surface area contributed by atoms with Crippen molar-refractivity contribution < 1.29 is 19.1 Å². The fourth-order valence-electron chi connectivity index (χ4n) is 3.65. The molecule has 3 aromatic rings. The zero-order valence-corrected chi connectivity index (χ0v) is 18.2. The number of carbonyl (C=O) groups is 3. The summed E-state index contributed by atoms with van der Waals surface area (Å²) in [6, 6.07) is 19.0. The van der Waals surface area contributed by atoms with Crippen molar-refractivity contribution in [3.05, 3.63) is 88.4 Å². The third-order valence-corrected chi connectivity index (χ3v) is 5.46. The number of benzene rings is 3. The van der Waals surface area contributed by atoms with Crippen LogP contribution in [-0.2, 0) is 11.2 Å². The highest BCUT2D eigenvalue weighted by atomic mass is 35.5. The lowest BCUT2D eigenvalue weighted by molar-refractivity contribution is -0.116. The van der Waals surface area contributed by atoms with Crippen molar-refractivity contribution in [3.8, 4) is 5.75 Å². The Morgan fingerprint density at radius 2 is 1.62 bits per heavy atom. The fraction of sp³-hybridized carbons (Fsp3) is 0.160. The van der Waals surface area contributed by atoms with Gasteiger partial charge in [-0.3, -0.25) is 14.4 Å². The largest absolute Gasteiger partial charge is 0.494 e. The predicted octanol–water partition coefficient (Wildman–Crippen LogP) is 5.11. The molecule has 0 saturated heterocycles. The maximum atomic E-state index is 12.7. The van der Waals surface area contributed by atoms with E-state index in [0.29, 0.717) is 29.8 Å². The molecule has 4 rings (SSSR count). The van der Waals surface area contributed by atoms with Crippen LogP contribution in [0.5, 0.6) is 5.75 Å². The molecule has 162 valence electrons. The number of imide groups is 1. The Labute approximate surface area is 190 Å². The molecule has 0 atom stereocenters. The van der Waals surface area contributed by atoms with E-state index >= 15 is 0 Å². The Morgan fingerprint density at radius 3 is 2.28 bits per heavy atom. The number of anilines is 2. The Balaban J connectivity index is 1.44. The molecule has 6 nitrogen and oxygen atoms in total. The van der Waals surface area contributed by atoms with E-state index in [1.54, 1.807) is 36.4 Å². The second-order valence-corrected chi connectivity index (χ2v) is 7.65. The van der Waals surface area contributed by atoms with Gasteiger partial charge in [0.1, 0.15) is 5.75 Å². The molecule has 0 bridgehead atoms. The Kier molecular flexibility index (Phi) is 6.23. The van der Waals surface area contributed by atoms with Crippen LogP contribution in [0.25, 0.3) is 0 Å². The molecule has 1 aliphatic rings. The van der Waals surface area contributed by atoms with Crippen LogP contribution < -0.4 is 15.0 Å². The molecule has 0 fully saturated rings. The minimum Gasteiger partial charge on any atom is -0.494 e. The van der Waals surface area contributed by atoms with Crippen molar-refractivity contribution >= 4 is 40.7 Å². The quantitative estimate of drug-likeness (QED) is 0.509. The lowest BCUT2D eigenvalue weighted by atomic mass is 10.1. The molecular weight excluding hydrogens is 428 g/mol. The van der Waals surface area contributed by atoms with E-state index in [1.807, 2.05) is 31.2 Å². The van der Waals surface area contributed by atoms with Crippen molar-refractivity contribution in [1.29, 1.82) is 0 Å². The van der Waals surface area contributed by atoms with Gasteiger partial charge in [-0.25, -0.2) is 4.90 Å². The lowest BCUT2D eigenvalue weighted by Crippen LogP contribution is -2.29. The summed E-state index contributed by atoms with van der Waals surface area (Å²) in [5.41, 5.74) is 2.42. The predicted molar refractivity (Wildman–Crippen MR) is 124 cm³/mol. The first-order valence-electron chi connectivity index (χ1n) is 10.3. The number of fused-ring (bicyclic) bond motifs is 1. The Bertz CT molecular complexity index is 1170. The number of rotatable bonds is 7. The van der Waals surface area contributed by atoms with Crippen LogP contribution >= 0.6 is 11.6 Å². The molecule has 1 aliphatic heterocycles. The molecule has 32 heavy (non-hydrogen) atoms. The average molecular weight is 449 g/mol. The second-order valence-electron chi connectivity index (χ2n) is 7.25. The van der Waals surface area contributed by atoms with Gasteiger partial charge in [-0.2, -0.15) is 0 Å². The van der Waals surface area contributed by atoms with Gasteiger partial charge in [0.05, 0.1) is 28.4 Å². The molecule has 0 aromatic heterocycles. The third-order valence-electron chi connectivity index (χ3n) is 5.16. The van der Waals surface area contributed by atoms with Crippen LogP contribution in [0.1, 0.15) is 39.6 Å². The van der Waals surface area contributed by atoms with Crippen molar-refractivity contribution in [2.24, 2.45) is 0 Å². The van der Waals surface area contributed by atoms with Gasteiger partial charge in [0.2, 0.25) is 5.91 Å². The molecule has 0 radical (unpaired) electrons. The number of para-hydroxylation sites is 1. The molecular formula is C25H21ClN2O4. The monoisotopic (exact) mass is 448 g/mol. The van der Waals surface area contributed by atoms with E-state index in [9.17, 15) is 14.4 Å². The van der Waals surface area contributed by atoms with Crippen LogP contribution in [0.4, 0.5) is 11.4 Å². The van der Waals surface area contributed by atoms with E-state index in [1.165, 1.54) is 6.07 Å². The summed E-state index contributed by atoms with van der Waals surface area (Å²) in [6.45, 7) is 2.47. The molecule has 0 aliphatic carbocycles. The van der Waals surface area contributed by atoms with Gasteiger partial charge >= 0.3 is 0 Å². The highest BCUT2D eigenvalue weighted by Crippen LogP contribution is 2.34. The van der Waals surface area contributed by atoms with E-state index in [4.69, 9.17) is 16.3 Å². The summed E-state index contributed by atoms with van der Waals surface area (Å²) in [5.74, 6) is -0.244. The number of nitrogens with zero attached hydrogens (tertiary/aromatic N) is 1. The van der Waals surface area contributed by atoms with E-state index < -0.39 is 11.8 Å². The van der Waals surface area contributed by atoms with Gasteiger partial charge in [-0.1, -0.05) is 41.9 Å². The highest BCUT2D eigenvalue weighted by Gasteiger charge is 2.37. The number of halogens is 1. The number of ether oxygens (including phenoxy) is 1. The third kappa shape index (κ3) is 4.22. The number of carbonyl (C=O) groups excluding carboxylic acids is 3. The van der Waals surface area contributed by atoms with Crippen molar-refractivity contribution in [3.63, 3.8) is 0 Å². The molecule has 7 heteroatoms. The number of nitrogens with one attached hydrogen (secondary N) is 1. The lowest BCUT2D eigenvalue weighted by Gasteiger charge is -2.16. The summed E-state index contributed by atoms with van der Waals surface area (Å²) in [4.78, 5) is 38.9. The van der Waals surface area contributed by atoms with Gasteiger partial charge in [-0.05, 0) is 55.3 Å². The number of amides is 3. The summed E-state index contributed by atoms with van der Waals surface area (Å²) in [5, 5.41) is 3.00. The van der Waals surface area contributed by atoms with Crippen molar-refractivity contribution in [2.75, 3.05) is 16.8 Å². The van der Waals surface area contributed by atoms with Crippen LogP contribution in [0.15, 0.2) is 66.7 Å². The standard InChI is InChI=1S/C25H21ClN2O4/c1-2-32-22-10-6-3-7-16(22)11-14-23(29)27-17-12-13-21(20(26)15-17)28-24(30)18-8-4-5-9-19(18)25(28)31/h3-10,12-13,15H,2,11,14H2,1H3,(H,27,29). The maximum Gasteiger partial charge on any atom is 0.266 e. The molecule has 1 N–H and O–H groups in total. The average Bonchev–Trinajstić information content (AvgIpc) is 3.04. The molecule has 0 unspecified atom stereocenters. The van der Waals surface area contributed by atoms with Gasteiger partial charge in [0.25, 0.3) is 11.8 Å². The summed E-state index contributed by atoms with van der Waals surface area (Å²) in [7, 11) is 0. The molecule has 3 aromatic carbocycles. The zero-order valence-electron chi connectivity index (χ0n) is 17.4. The molecule has 1 heterocycles.